The second-order valence-electron chi connectivity index (χ2n) is 9.22. The summed E-state index contributed by atoms with van der Waals surface area (Å²) < 4.78 is 53.6. The first-order chi connectivity index (χ1) is 17.3. The standard InChI is InChI=1S/C29H26F3NO3/c1-20-15-16-23(19-35-22-10-3-2-4-11-22)36-28(17-20)25-13-7-8-14-26(25)33(27(28)34)18-21-9-5-6-12-24(21)29(30,31)32/h2-15,23H,16-19H2,1H3/t23-,28+/m0/s1. The van der Waals surface area contributed by atoms with Crippen molar-refractivity contribution < 1.29 is 27.4 Å². The summed E-state index contributed by atoms with van der Waals surface area (Å²) in [6.07, 6.45) is -2.00. The summed E-state index contributed by atoms with van der Waals surface area (Å²) in [6, 6.07) is 21.9. The lowest BCUT2D eigenvalue weighted by atomic mass is 9.88. The van der Waals surface area contributed by atoms with Crippen LogP contribution in [0.1, 0.15) is 36.5 Å². The lowest BCUT2D eigenvalue weighted by Crippen LogP contribution is -2.45. The Labute approximate surface area is 208 Å². The van der Waals surface area contributed by atoms with E-state index < -0.39 is 23.4 Å². The minimum atomic E-state index is -4.52. The molecular weight excluding hydrogens is 467 g/mol. The molecule has 5 rings (SSSR count). The largest absolute Gasteiger partial charge is 0.491 e. The summed E-state index contributed by atoms with van der Waals surface area (Å²) >= 11 is 0. The molecule has 3 aromatic rings. The van der Waals surface area contributed by atoms with Crippen LogP contribution >= 0.6 is 0 Å². The number of alkyl halides is 3. The third-order valence-electron chi connectivity index (χ3n) is 6.68. The minimum absolute atomic E-state index is 0.0371. The van der Waals surface area contributed by atoms with Crippen LogP contribution in [0.25, 0.3) is 0 Å². The van der Waals surface area contributed by atoms with Gasteiger partial charge >= 0.3 is 6.18 Å². The maximum atomic E-state index is 14.1. The highest BCUT2D eigenvalue weighted by atomic mass is 19.4. The number of anilines is 1. The monoisotopic (exact) mass is 493 g/mol. The number of hydrogen-bond acceptors (Lipinski definition) is 3. The zero-order chi connectivity index (χ0) is 25.3. The highest BCUT2D eigenvalue weighted by molar-refractivity contribution is 6.07. The van der Waals surface area contributed by atoms with Crippen LogP contribution in [-0.2, 0) is 27.9 Å². The molecule has 1 amide bonds. The molecule has 2 aliphatic heterocycles. The first kappa shape index (κ1) is 24.1. The van der Waals surface area contributed by atoms with Gasteiger partial charge in [-0.3, -0.25) is 4.79 Å². The molecule has 7 heteroatoms. The zero-order valence-electron chi connectivity index (χ0n) is 19.8. The lowest BCUT2D eigenvalue weighted by Gasteiger charge is -2.32. The van der Waals surface area contributed by atoms with Crippen molar-refractivity contribution in [2.75, 3.05) is 11.5 Å². The number of benzene rings is 3. The molecule has 0 fully saturated rings. The van der Waals surface area contributed by atoms with Crippen molar-refractivity contribution in [2.45, 2.75) is 44.2 Å². The van der Waals surface area contributed by atoms with E-state index in [1.807, 2.05) is 55.5 Å². The SMILES string of the molecule is CC1=CC[C@@H](COc2ccccc2)O[C@@]2(C1)C(=O)N(Cc1ccccc1C(F)(F)F)c1ccccc12. The predicted molar refractivity (Wildman–Crippen MR) is 131 cm³/mol. The van der Waals surface area contributed by atoms with Gasteiger partial charge in [0.2, 0.25) is 0 Å². The van der Waals surface area contributed by atoms with Gasteiger partial charge in [0.15, 0.2) is 5.60 Å². The summed E-state index contributed by atoms with van der Waals surface area (Å²) in [5.74, 6) is 0.337. The number of fused-ring (bicyclic) bond motifs is 2. The molecule has 0 unspecified atom stereocenters. The maximum absolute atomic E-state index is 14.1. The van der Waals surface area contributed by atoms with Gasteiger partial charge in [-0.25, -0.2) is 0 Å². The quantitative estimate of drug-likeness (QED) is 0.374. The van der Waals surface area contributed by atoms with Crippen molar-refractivity contribution >= 4 is 11.6 Å². The molecule has 0 N–H and O–H groups in total. The average Bonchev–Trinajstić information content (AvgIpc) is 2.98. The van der Waals surface area contributed by atoms with Crippen LogP contribution in [0.4, 0.5) is 18.9 Å². The summed E-state index contributed by atoms with van der Waals surface area (Å²) in [7, 11) is 0. The van der Waals surface area contributed by atoms with Crippen molar-refractivity contribution in [3.63, 3.8) is 0 Å². The highest BCUT2D eigenvalue weighted by Crippen LogP contribution is 2.49. The van der Waals surface area contributed by atoms with Crippen LogP contribution in [0, 0.1) is 0 Å². The van der Waals surface area contributed by atoms with E-state index in [-0.39, 0.29) is 24.6 Å². The molecule has 2 atom stereocenters. The number of para-hydroxylation sites is 2. The van der Waals surface area contributed by atoms with E-state index >= 15 is 0 Å². The van der Waals surface area contributed by atoms with Crippen LogP contribution in [0.15, 0.2) is 90.5 Å². The Morgan fingerprint density at radius 2 is 1.69 bits per heavy atom. The highest BCUT2D eigenvalue weighted by Gasteiger charge is 2.54. The van der Waals surface area contributed by atoms with Gasteiger partial charge in [0, 0.05) is 12.0 Å². The third kappa shape index (κ3) is 4.51. The third-order valence-corrected chi connectivity index (χ3v) is 6.68. The Balaban J connectivity index is 1.49. The smallest absolute Gasteiger partial charge is 0.416 e. The van der Waals surface area contributed by atoms with Crippen LogP contribution in [-0.4, -0.2) is 18.6 Å². The molecule has 0 aliphatic carbocycles. The Hall–Kier alpha value is -3.58. The topological polar surface area (TPSA) is 38.8 Å². The molecule has 0 aromatic heterocycles. The second-order valence-corrected chi connectivity index (χ2v) is 9.22. The number of halogens is 3. The van der Waals surface area contributed by atoms with E-state index in [0.717, 1.165) is 11.6 Å². The normalized spacial score (nSPS) is 21.8. The van der Waals surface area contributed by atoms with E-state index in [9.17, 15) is 18.0 Å². The molecule has 0 saturated heterocycles. The molecular formula is C29H26F3NO3. The fraction of sp³-hybridized carbons (Fsp3) is 0.276. The number of hydrogen-bond donors (Lipinski definition) is 0. The molecule has 2 aliphatic rings. The van der Waals surface area contributed by atoms with E-state index in [1.165, 1.54) is 17.0 Å². The zero-order valence-corrected chi connectivity index (χ0v) is 19.8. The number of ether oxygens (including phenoxy) is 2. The summed E-state index contributed by atoms with van der Waals surface area (Å²) in [4.78, 5) is 15.5. The summed E-state index contributed by atoms with van der Waals surface area (Å²) in [5, 5.41) is 0. The number of carbonyl (C=O) groups excluding carboxylic acids is 1. The Morgan fingerprint density at radius 1 is 1.00 bits per heavy atom. The van der Waals surface area contributed by atoms with Crippen LogP contribution in [0.3, 0.4) is 0 Å². The molecule has 36 heavy (non-hydrogen) atoms. The van der Waals surface area contributed by atoms with E-state index in [4.69, 9.17) is 9.47 Å². The van der Waals surface area contributed by atoms with E-state index in [2.05, 4.69) is 0 Å². The van der Waals surface area contributed by atoms with Crippen molar-refractivity contribution in [3.05, 3.63) is 107 Å². The van der Waals surface area contributed by atoms with Gasteiger partial charge < -0.3 is 14.4 Å². The van der Waals surface area contributed by atoms with Crippen molar-refractivity contribution in [1.29, 1.82) is 0 Å². The van der Waals surface area contributed by atoms with Gasteiger partial charge in [-0.2, -0.15) is 13.2 Å². The van der Waals surface area contributed by atoms with Gasteiger partial charge in [0.1, 0.15) is 12.4 Å². The maximum Gasteiger partial charge on any atom is 0.416 e. The predicted octanol–water partition coefficient (Wildman–Crippen LogP) is 6.65. The van der Waals surface area contributed by atoms with E-state index in [0.29, 0.717) is 29.8 Å². The molecule has 3 aromatic carbocycles. The molecule has 2 heterocycles. The fourth-order valence-electron chi connectivity index (χ4n) is 5.02. The van der Waals surface area contributed by atoms with Gasteiger partial charge in [0.05, 0.1) is 23.9 Å². The molecule has 0 saturated carbocycles. The van der Waals surface area contributed by atoms with Gasteiger partial charge in [-0.1, -0.05) is 66.2 Å². The molecule has 0 bridgehead atoms. The first-order valence-electron chi connectivity index (χ1n) is 11.9. The number of nitrogens with zero attached hydrogens (tertiary/aromatic N) is 1. The second kappa shape index (κ2) is 9.47. The van der Waals surface area contributed by atoms with Gasteiger partial charge in [0.25, 0.3) is 5.91 Å². The van der Waals surface area contributed by atoms with Crippen LogP contribution in [0.5, 0.6) is 5.75 Å². The van der Waals surface area contributed by atoms with Crippen LogP contribution < -0.4 is 9.64 Å². The van der Waals surface area contributed by atoms with Gasteiger partial charge in [-0.15, -0.1) is 0 Å². The summed E-state index contributed by atoms with van der Waals surface area (Å²) in [5.41, 5.74) is 0.179. The Bertz CT molecular complexity index is 1290. The first-order valence-corrected chi connectivity index (χ1v) is 11.9. The Morgan fingerprint density at radius 3 is 2.47 bits per heavy atom. The molecule has 0 radical (unpaired) electrons. The lowest BCUT2D eigenvalue weighted by molar-refractivity contribution is -0.154. The summed E-state index contributed by atoms with van der Waals surface area (Å²) in [6.45, 7) is 1.98. The van der Waals surface area contributed by atoms with Crippen LogP contribution in [0.2, 0.25) is 0 Å². The number of amides is 1. The number of rotatable bonds is 5. The van der Waals surface area contributed by atoms with Crippen molar-refractivity contribution in [3.8, 4) is 5.75 Å². The van der Waals surface area contributed by atoms with Gasteiger partial charge in [-0.05, 0) is 43.2 Å². The molecule has 4 nitrogen and oxygen atoms in total. The molecule has 186 valence electrons. The number of carbonyl (C=O) groups is 1. The minimum Gasteiger partial charge on any atom is -0.491 e. The van der Waals surface area contributed by atoms with Crippen molar-refractivity contribution in [2.24, 2.45) is 0 Å². The molecule has 1 spiro atoms. The van der Waals surface area contributed by atoms with Crippen molar-refractivity contribution in [1.82, 2.24) is 0 Å². The Kier molecular flexibility index (Phi) is 6.35. The fourth-order valence-corrected chi connectivity index (χ4v) is 5.02. The average molecular weight is 494 g/mol. The van der Waals surface area contributed by atoms with E-state index in [1.54, 1.807) is 18.2 Å².